The van der Waals surface area contributed by atoms with Crippen molar-refractivity contribution in [3.05, 3.63) is 16.1 Å². The molecule has 0 radical (unpaired) electrons. The quantitative estimate of drug-likeness (QED) is 0.867. The van der Waals surface area contributed by atoms with Crippen LogP contribution in [0.3, 0.4) is 0 Å². The van der Waals surface area contributed by atoms with Gasteiger partial charge in [0.2, 0.25) is 5.91 Å². The van der Waals surface area contributed by atoms with Crippen LogP contribution in [-0.2, 0) is 9.59 Å². The molecule has 1 saturated heterocycles. The van der Waals surface area contributed by atoms with Crippen LogP contribution in [0.5, 0.6) is 0 Å². The summed E-state index contributed by atoms with van der Waals surface area (Å²) in [6.07, 6.45) is 0.687. The van der Waals surface area contributed by atoms with Crippen molar-refractivity contribution >= 4 is 23.2 Å². The molecule has 0 spiro atoms. The van der Waals surface area contributed by atoms with Crippen LogP contribution in [0.15, 0.2) is 5.38 Å². The SMILES string of the molecule is Cc1nc(C2C(C(=O)O)CCC(=O)N2C)cs1. The fourth-order valence-electron chi connectivity index (χ4n) is 2.22. The van der Waals surface area contributed by atoms with Crippen LogP contribution < -0.4 is 0 Å². The Morgan fingerprint density at radius 3 is 2.88 bits per heavy atom. The minimum atomic E-state index is -0.861. The molecule has 1 N–H and O–H groups in total. The maximum absolute atomic E-state index is 11.7. The number of nitrogens with zero attached hydrogens (tertiary/aromatic N) is 2. The number of likely N-dealkylation sites (tertiary alicyclic amines) is 1. The van der Waals surface area contributed by atoms with Crippen LogP contribution in [0.25, 0.3) is 0 Å². The predicted molar refractivity (Wildman–Crippen MR) is 62.7 cm³/mol. The minimum absolute atomic E-state index is 0.0156. The standard InChI is InChI=1S/C11H14N2O3S/c1-6-12-8(5-17-6)10-7(11(15)16)3-4-9(14)13(10)2/h5,7,10H,3-4H2,1-2H3,(H,15,16). The molecular formula is C11H14N2O3S. The second kappa shape index (κ2) is 4.44. The Balaban J connectivity index is 2.36. The Hall–Kier alpha value is -1.43. The largest absolute Gasteiger partial charge is 0.481 e. The van der Waals surface area contributed by atoms with Gasteiger partial charge >= 0.3 is 5.97 Å². The first-order valence-electron chi connectivity index (χ1n) is 5.41. The molecule has 2 rings (SSSR count). The Morgan fingerprint density at radius 1 is 1.65 bits per heavy atom. The third kappa shape index (κ3) is 2.17. The molecule has 1 aliphatic heterocycles. The molecule has 0 aromatic carbocycles. The lowest BCUT2D eigenvalue weighted by atomic mass is 9.87. The number of carbonyl (C=O) groups excluding carboxylic acids is 1. The maximum Gasteiger partial charge on any atom is 0.309 e. The van der Waals surface area contributed by atoms with Gasteiger partial charge in [0.25, 0.3) is 0 Å². The maximum atomic E-state index is 11.7. The molecule has 0 bridgehead atoms. The van der Waals surface area contributed by atoms with E-state index in [0.29, 0.717) is 18.5 Å². The highest BCUT2D eigenvalue weighted by atomic mass is 32.1. The highest BCUT2D eigenvalue weighted by Gasteiger charge is 2.39. The highest BCUT2D eigenvalue weighted by molar-refractivity contribution is 7.09. The van der Waals surface area contributed by atoms with Crippen molar-refractivity contribution in [1.82, 2.24) is 9.88 Å². The Bertz CT molecular complexity index is 457. The van der Waals surface area contributed by atoms with Crippen LogP contribution in [-0.4, -0.2) is 33.9 Å². The molecule has 1 aromatic heterocycles. The first kappa shape index (κ1) is 12.0. The van der Waals surface area contributed by atoms with E-state index in [4.69, 9.17) is 0 Å². The van der Waals surface area contributed by atoms with Crippen molar-refractivity contribution in [2.75, 3.05) is 7.05 Å². The lowest BCUT2D eigenvalue weighted by Crippen LogP contribution is -2.43. The topological polar surface area (TPSA) is 70.5 Å². The molecule has 2 atom stereocenters. The van der Waals surface area contributed by atoms with E-state index < -0.39 is 17.9 Å². The Labute approximate surface area is 103 Å². The molecule has 6 heteroatoms. The number of hydrogen-bond donors (Lipinski definition) is 1. The van der Waals surface area contributed by atoms with Gasteiger partial charge < -0.3 is 10.0 Å². The third-order valence-electron chi connectivity index (χ3n) is 3.12. The lowest BCUT2D eigenvalue weighted by Gasteiger charge is -2.35. The van der Waals surface area contributed by atoms with Crippen LogP contribution >= 0.6 is 11.3 Å². The molecule has 2 unspecified atom stereocenters. The lowest BCUT2D eigenvalue weighted by molar-refractivity contribution is -0.151. The van der Waals surface area contributed by atoms with E-state index in [9.17, 15) is 14.7 Å². The van der Waals surface area contributed by atoms with Gasteiger partial charge in [0.1, 0.15) is 0 Å². The number of carbonyl (C=O) groups is 2. The number of thiazole rings is 1. The van der Waals surface area contributed by atoms with E-state index in [1.807, 2.05) is 12.3 Å². The summed E-state index contributed by atoms with van der Waals surface area (Å²) in [5.74, 6) is -1.43. The zero-order chi connectivity index (χ0) is 12.6. The molecule has 17 heavy (non-hydrogen) atoms. The minimum Gasteiger partial charge on any atom is -0.481 e. The summed E-state index contributed by atoms with van der Waals surface area (Å²) >= 11 is 1.47. The number of aryl methyl sites for hydroxylation is 1. The highest BCUT2D eigenvalue weighted by Crippen LogP contribution is 2.36. The van der Waals surface area contributed by atoms with E-state index in [0.717, 1.165) is 5.01 Å². The first-order valence-corrected chi connectivity index (χ1v) is 6.29. The van der Waals surface area contributed by atoms with Crippen molar-refractivity contribution in [1.29, 1.82) is 0 Å². The normalized spacial score (nSPS) is 25.1. The second-order valence-electron chi connectivity index (χ2n) is 4.22. The van der Waals surface area contributed by atoms with Crippen LogP contribution in [0, 0.1) is 12.8 Å². The molecule has 92 valence electrons. The third-order valence-corrected chi connectivity index (χ3v) is 3.91. The van der Waals surface area contributed by atoms with Gasteiger partial charge in [0.05, 0.1) is 22.7 Å². The number of hydrogen-bond acceptors (Lipinski definition) is 4. The number of rotatable bonds is 2. The van der Waals surface area contributed by atoms with Gasteiger partial charge in [-0.2, -0.15) is 0 Å². The van der Waals surface area contributed by atoms with Gasteiger partial charge in [-0.05, 0) is 13.3 Å². The van der Waals surface area contributed by atoms with E-state index in [1.54, 1.807) is 7.05 Å². The zero-order valence-electron chi connectivity index (χ0n) is 9.71. The van der Waals surface area contributed by atoms with Crippen molar-refractivity contribution < 1.29 is 14.7 Å². The fraction of sp³-hybridized carbons (Fsp3) is 0.545. The molecule has 0 saturated carbocycles. The van der Waals surface area contributed by atoms with E-state index >= 15 is 0 Å². The summed E-state index contributed by atoms with van der Waals surface area (Å²) < 4.78 is 0. The van der Waals surface area contributed by atoms with Crippen molar-refractivity contribution in [3.8, 4) is 0 Å². The Kier molecular flexibility index (Phi) is 3.15. The monoisotopic (exact) mass is 254 g/mol. The smallest absolute Gasteiger partial charge is 0.309 e. The number of piperidine rings is 1. The van der Waals surface area contributed by atoms with Gasteiger partial charge in [0.15, 0.2) is 0 Å². The molecule has 1 aromatic rings. The molecule has 1 aliphatic rings. The van der Waals surface area contributed by atoms with Crippen molar-refractivity contribution in [2.24, 2.45) is 5.92 Å². The van der Waals surface area contributed by atoms with Gasteiger partial charge in [-0.15, -0.1) is 11.3 Å². The van der Waals surface area contributed by atoms with Gasteiger partial charge in [0, 0.05) is 18.8 Å². The molecule has 1 amide bonds. The summed E-state index contributed by atoms with van der Waals surface area (Å²) in [4.78, 5) is 28.7. The predicted octanol–water partition coefficient (Wildman–Crippen LogP) is 1.45. The first-order chi connectivity index (χ1) is 8.00. The van der Waals surface area contributed by atoms with Crippen LogP contribution in [0.2, 0.25) is 0 Å². The number of aliphatic carboxylic acids is 1. The van der Waals surface area contributed by atoms with Crippen molar-refractivity contribution in [2.45, 2.75) is 25.8 Å². The summed E-state index contributed by atoms with van der Waals surface area (Å²) in [5.41, 5.74) is 0.690. The van der Waals surface area contributed by atoms with Gasteiger partial charge in [-0.25, -0.2) is 4.98 Å². The average Bonchev–Trinajstić information content (AvgIpc) is 2.68. The van der Waals surface area contributed by atoms with E-state index in [1.165, 1.54) is 16.2 Å². The number of aromatic nitrogens is 1. The molecule has 0 aliphatic carbocycles. The molecular weight excluding hydrogens is 240 g/mol. The number of amides is 1. The average molecular weight is 254 g/mol. The summed E-state index contributed by atoms with van der Waals surface area (Å²) in [5, 5.41) is 11.9. The van der Waals surface area contributed by atoms with Gasteiger partial charge in [-0.1, -0.05) is 0 Å². The number of carboxylic acid groups (broad SMARTS) is 1. The van der Waals surface area contributed by atoms with Crippen molar-refractivity contribution in [3.63, 3.8) is 0 Å². The zero-order valence-corrected chi connectivity index (χ0v) is 10.5. The van der Waals surface area contributed by atoms with Gasteiger partial charge in [-0.3, -0.25) is 9.59 Å². The van der Waals surface area contributed by atoms with E-state index in [-0.39, 0.29) is 5.91 Å². The van der Waals surface area contributed by atoms with Crippen LogP contribution in [0.4, 0.5) is 0 Å². The Morgan fingerprint density at radius 2 is 2.35 bits per heavy atom. The summed E-state index contributed by atoms with van der Waals surface area (Å²) in [7, 11) is 1.65. The fourth-order valence-corrected chi connectivity index (χ4v) is 2.86. The summed E-state index contributed by atoms with van der Waals surface area (Å²) in [6, 6.07) is -0.432. The summed E-state index contributed by atoms with van der Waals surface area (Å²) in [6.45, 7) is 1.87. The number of carboxylic acids is 1. The second-order valence-corrected chi connectivity index (χ2v) is 5.29. The van der Waals surface area contributed by atoms with E-state index in [2.05, 4.69) is 4.98 Å². The molecule has 1 fully saturated rings. The molecule has 5 nitrogen and oxygen atoms in total. The molecule has 2 heterocycles. The van der Waals surface area contributed by atoms with Crippen LogP contribution in [0.1, 0.15) is 29.6 Å².